The molecule has 0 saturated carbocycles. The van der Waals surface area contributed by atoms with Gasteiger partial charge in [-0.05, 0) is 18.9 Å². The van der Waals surface area contributed by atoms with Crippen LogP contribution in [-0.2, 0) is 0 Å². The molecule has 1 aliphatic heterocycles. The van der Waals surface area contributed by atoms with Crippen LogP contribution in [0.3, 0.4) is 0 Å². The Kier molecular flexibility index (Phi) is 2.95. The molecule has 3 nitrogen and oxygen atoms in total. The van der Waals surface area contributed by atoms with Gasteiger partial charge >= 0.3 is 5.97 Å². The van der Waals surface area contributed by atoms with Gasteiger partial charge in [0.05, 0.1) is 0 Å². The second-order valence-corrected chi connectivity index (χ2v) is 3.88. The van der Waals surface area contributed by atoms with Crippen molar-refractivity contribution in [3.8, 4) is 0 Å². The highest BCUT2D eigenvalue weighted by Crippen LogP contribution is 2.30. The zero-order valence-electron chi connectivity index (χ0n) is 8.84. The Morgan fingerprint density at radius 1 is 1.18 bits per heavy atom. The van der Waals surface area contributed by atoms with Crippen LogP contribution in [0.2, 0.25) is 0 Å². The summed E-state index contributed by atoms with van der Waals surface area (Å²) in [6, 6.07) is 0.368. The van der Waals surface area contributed by atoms with Gasteiger partial charge in [-0.3, -0.25) is 0 Å². The smallest absolute Gasteiger partial charge is 0.338 e. The minimum absolute atomic E-state index is 0.368. The minimum Gasteiger partial charge on any atom is -0.478 e. The molecule has 2 rings (SSSR count). The molecule has 1 aliphatic rings. The van der Waals surface area contributed by atoms with Gasteiger partial charge in [-0.15, -0.1) is 0 Å². The molecule has 1 aromatic rings. The summed E-state index contributed by atoms with van der Waals surface area (Å²) in [5.74, 6) is -5.49. The van der Waals surface area contributed by atoms with Gasteiger partial charge in [-0.25, -0.2) is 18.0 Å². The molecule has 0 atom stereocenters. The lowest BCUT2D eigenvalue weighted by Crippen LogP contribution is -2.22. The molecule has 1 N–H and O–H groups in total. The zero-order valence-corrected chi connectivity index (χ0v) is 8.84. The fourth-order valence-electron chi connectivity index (χ4n) is 1.96. The highest BCUT2D eigenvalue weighted by atomic mass is 19.2. The van der Waals surface area contributed by atoms with Crippen molar-refractivity contribution in [1.29, 1.82) is 0 Å². The first kappa shape index (κ1) is 11.8. The second-order valence-electron chi connectivity index (χ2n) is 3.88. The monoisotopic (exact) mass is 245 g/mol. The van der Waals surface area contributed by atoms with E-state index in [4.69, 9.17) is 5.11 Å². The largest absolute Gasteiger partial charge is 0.478 e. The second kappa shape index (κ2) is 4.27. The maximum Gasteiger partial charge on any atom is 0.338 e. The van der Waals surface area contributed by atoms with Crippen LogP contribution in [-0.4, -0.2) is 24.2 Å². The molecule has 1 aromatic carbocycles. The predicted molar refractivity (Wildman–Crippen MR) is 54.7 cm³/mol. The third kappa shape index (κ3) is 1.94. The highest BCUT2D eigenvalue weighted by Gasteiger charge is 2.27. The summed E-state index contributed by atoms with van der Waals surface area (Å²) in [7, 11) is 0. The Balaban J connectivity index is 2.59. The summed E-state index contributed by atoms with van der Waals surface area (Å²) < 4.78 is 40.5. The lowest BCUT2D eigenvalue weighted by Gasteiger charge is -2.20. The van der Waals surface area contributed by atoms with Crippen LogP contribution in [0.1, 0.15) is 23.2 Å². The summed E-state index contributed by atoms with van der Waals surface area (Å²) in [5.41, 5.74) is -1.41. The van der Waals surface area contributed by atoms with Gasteiger partial charge in [0.15, 0.2) is 17.5 Å². The topological polar surface area (TPSA) is 40.5 Å². The van der Waals surface area contributed by atoms with Crippen molar-refractivity contribution < 1.29 is 23.1 Å². The number of benzene rings is 1. The first-order valence-electron chi connectivity index (χ1n) is 5.18. The van der Waals surface area contributed by atoms with E-state index in [0.717, 1.165) is 12.8 Å². The van der Waals surface area contributed by atoms with E-state index in [9.17, 15) is 18.0 Å². The molecule has 1 saturated heterocycles. The number of carbonyl (C=O) groups is 1. The molecule has 0 unspecified atom stereocenters. The fourth-order valence-corrected chi connectivity index (χ4v) is 1.96. The van der Waals surface area contributed by atoms with Crippen LogP contribution in [0.4, 0.5) is 18.9 Å². The third-order valence-electron chi connectivity index (χ3n) is 2.79. The standard InChI is InChI=1S/C11H10F3NO2/c12-7-5-6(11(16)17)8(13)10(9(7)14)15-3-1-2-4-15/h5H,1-4H2,(H,16,17). The summed E-state index contributed by atoms with van der Waals surface area (Å²) in [4.78, 5) is 12.0. The first-order chi connectivity index (χ1) is 8.02. The third-order valence-corrected chi connectivity index (χ3v) is 2.79. The van der Waals surface area contributed by atoms with Crippen molar-refractivity contribution >= 4 is 11.7 Å². The number of rotatable bonds is 2. The Labute approximate surface area is 95.5 Å². The van der Waals surface area contributed by atoms with Crippen LogP contribution < -0.4 is 4.90 Å². The van der Waals surface area contributed by atoms with E-state index in [2.05, 4.69) is 0 Å². The first-order valence-corrected chi connectivity index (χ1v) is 5.18. The Morgan fingerprint density at radius 3 is 2.29 bits per heavy atom. The van der Waals surface area contributed by atoms with Crippen molar-refractivity contribution in [2.24, 2.45) is 0 Å². The van der Waals surface area contributed by atoms with E-state index < -0.39 is 34.7 Å². The number of nitrogens with zero attached hydrogens (tertiary/aromatic N) is 1. The lowest BCUT2D eigenvalue weighted by atomic mass is 10.1. The normalized spacial score (nSPS) is 15.4. The molecule has 1 fully saturated rings. The molecule has 0 spiro atoms. The molecular formula is C11H10F3NO2. The van der Waals surface area contributed by atoms with E-state index in [1.807, 2.05) is 0 Å². The summed E-state index contributed by atoms with van der Waals surface area (Å²) in [6.45, 7) is 0.798. The van der Waals surface area contributed by atoms with Gasteiger partial charge in [0.1, 0.15) is 11.3 Å². The number of carboxylic acids is 1. The van der Waals surface area contributed by atoms with E-state index in [-0.39, 0.29) is 0 Å². The van der Waals surface area contributed by atoms with E-state index >= 15 is 0 Å². The number of hydrogen-bond acceptors (Lipinski definition) is 2. The number of aromatic carboxylic acids is 1. The van der Waals surface area contributed by atoms with Gasteiger partial charge in [0, 0.05) is 13.1 Å². The van der Waals surface area contributed by atoms with Crippen molar-refractivity contribution in [3.05, 3.63) is 29.1 Å². The molecule has 0 aliphatic carbocycles. The van der Waals surface area contributed by atoms with Crippen LogP contribution in [0, 0.1) is 17.5 Å². The van der Waals surface area contributed by atoms with Gasteiger partial charge in [-0.1, -0.05) is 0 Å². The molecule has 0 aromatic heterocycles. The van der Waals surface area contributed by atoms with Crippen molar-refractivity contribution in [2.45, 2.75) is 12.8 Å². The highest BCUT2D eigenvalue weighted by molar-refractivity contribution is 5.89. The number of halogens is 3. The lowest BCUT2D eigenvalue weighted by molar-refractivity contribution is 0.0691. The van der Waals surface area contributed by atoms with Crippen LogP contribution in [0.5, 0.6) is 0 Å². The van der Waals surface area contributed by atoms with Crippen LogP contribution in [0.15, 0.2) is 6.07 Å². The van der Waals surface area contributed by atoms with Crippen LogP contribution >= 0.6 is 0 Å². The molecule has 0 radical (unpaired) electrons. The number of hydrogen-bond donors (Lipinski definition) is 1. The van der Waals surface area contributed by atoms with Crippen molar-refractivity contribution in [1.82, 2.24) is 0 Å². The SMILES string of the molecule is O=C(O)c1cc(F)c(F)c(N2CCCC2)c1F. The molecule has 0 bridgehead atoms. The summed E-state index contributed by atoms with van der Waals surface area (Å²) in [5, 5.41) is 8.70. The van der Waals surface area contributed by atoms with Gasteiger partial charge in [-0.2, -0.15) is 0 Å². The molecule has 0 amide bonds. The molecule has 92 valence electrons. The fraction of sp³-hybridized carbons (Fsp3) is 0.364. The minimum atomic E-state index is -1.61. The van der Waals surface area contributed by atoms with Gasteiger partial charge in [0.2, 0.25) is 0 Å². The Morgan fingerprint density at radius 2 is 1.76 bits per heavy atom. The van der Waals surface area contributed by atoms with Gasteiger partial charge < -0.3 is 10.0 Å². The van der Waals surface area contributed by atoms with Crippen molar-refractivity contribution in [3.63, 3.8) is 0 Å². The molecule has 6 heteroatoms. The zero-order chi connectivity index (χ0) is 12.6. The average molecular weight is 245 g/mol. The quantitative estimate of drug-likeness (QED) is 0.813. The van der Waals surface area contributed by atoms with Gasteiger partial charge in [0.25, 0.3) is 0 Å². The molecule has 1 heterocycles. The van der Waals surface area contributed by atoms with E-state index in [0.29, 0.717) is 19.2 Å². The van der Waals surface area contributed by atoms with Crippen molar-refractivity contribution in [2.75, 3.05) is 18.0 Å². The number of carboxylic acid groups (broad SMARTS) is 1. The maximum atomic E-state index is 13.8. The average Bonchev–Trinajstić information content (AvgIpc) is 2.76. The van der Waals surface area contributed by atoms with Crippen LogP contribution in [0.25, 0.3) is 0 Å². The summed E-state index contributed by atoms with van der Waals surface area (Å²) in [6.07, 6.45) is 1.50. The van der Waals surface area contributed by atoms with E-state index in [1.54, 1.807) is 0 Å². The number of anilines is 1. The van der Waals surface area contributed by atoms with E-state index in [1.165, 1.54) is 4.90 Å². The Hall–Kier alpha value is -1.72. The molecule has 17 heavy (non-hydrogen) atoms. The Bertz CT molecular complexity index is 470. The summed E-state index contributed by atoms with van der Waals surface area (Å²) >= 11 is 0. The predicted octanol–water partition coefficient (Wildman–Crippen LogP) is 2.40. The molecular weight excluding hydrogens is 235 g/mol. The maximum absolute atomic E-state index is 13.8.